The van der Waals surface area contributed by atoms with E-state index in [4.69, 9.17) is 14.2 Å². The fraction of sp³-hybridized carbons (Fsp3) is 0.938. The third kappa shape index (κ3) is 5.74. The molecule has 0 saturated carbocycles. The van der Waals surface area contributed by atoms with Crippen LogP contribution in [-0.2, 0) is 14.2 Å². The fourth-order valence-electron chi connectivity index (χ4n) is 3.08. The van der Waals surface area contributed by atoms with Crippen molar-refractivity contribution in [2.45, 2.75) is 57.8 Å². The zero-order chi connectivity index (χ0) is 16.0. The number of nitrogens with zero attached hydrogens (tertiary/aromatic N) is 1. The molecule has 0 aromatic carbocycles. The normalized spacial score (nSPS) is 27.9. The van der Waals surface area contributed by atoms with Crippen LogP contribution in [0.1, 0.15) is 40.0 Å². The molecule has 0 radical (unpaired) electrons. The lowest BCUT2D eigenvalue weighted by Crippen LogP contribution is -2.56. The Balaban J connectivity index is 1.55. The van der Waals surface area contributed by atoms with E-state index >= 15 is 0 Å². The summed E-state index contributed by atoms with van der Waals surface area (Å²) in [7, 11) is 0. The number of nitrogens with one attached hydrogen (secondary N) is 1. The number of hydrogen-bond donors (Lipinski definition) is 1. The maximum Gasteiger partial charge on any atom is 0.317 e. The van der Waals surface area contributed by atoms with Gasteiger partial charge >= 0.3 is 6.03 Å². The van der Waals surface area contributed by atoms with E-state index in [1.807, 2.05) is 25.7 Å². The first kappa shape index (κ1) is 17.5. The van der Waals surface area contributed by atoms with E-state index in [9.17, 15) is 4.79 Å². The third-order valence-electron chi connectivity index (χ3n) is 3.93. The van der Waals surface area contributed by atoms with Crippen molar-refractivity contribution in [2.75, 3.05) is 39.5 Å². The predicted octanol–water partition coefficient (Wildman–Crippen LogP) is 1.78. The minimum absolute atomic E-state index is 0.0117. The highest BCUT2D eigenvalue weighted by Crippen LogP contribution is 2.20. The lowest BCUT2D eigenvalue weighted by atomic mass is 10.1. The Kier molecular flexibility index (Phi) is 6.47. The number of carbonyl (C=O) groups excluding carboxylic acids is 1. The predicted molar refractivity (Wildman–Crippen MR) is 84.0 cm³/mol. The molecule has 2 heterocycles. The van der Waals surface area contributed by atoms with Gasteiger partial charge in [-0.25, -0.2) is 4.79 Å². The van der Waals surface area contributed by atoms with Crippen LogP contribution in [0.3, 0.4) is 0 Å². The lowest BCUT2D eigenvalue weighted by Gasteiger charge is -2.41. The molecular weight excluding hydrogens is 284 g/mol. The molecule has 0 aromatic heterocycles. The molecule has 2 aliphatic heterocycles. The largest absolute Gasteiger partial charge is 0.379 e. The molecule has 2 amide bonds. The van der Waals surface area contributed by atoms with Crippen LogP contribution >= 0.6 is 0 Å². The highest BCUT2D eigenvalue weighted by atomic mass is 16.5. The van der Waals surface area contributed by atoms with Crippen molar-refractivity contribution >= 4 is 6.03 Å². The highest BCUT2D eigenvalue weighted by Gasteiger charge is 2.33. The molecule has 0 aliphatic carbocycles. The van der Waals surface area contributed by atoms with Gasteiger partial charge in [0.05, 0.1) is 31.0 Å². The minimum Gasteiger partial charge on any atom is -0.379 e. The van der Waals surface area contributed by atoms with E-state index in [2.05, 4.69) is 5.32 Å². The van der Waals surface area contributed by atoms with E-state index in [0.717, 1.165) is 25.9 Å². The first-order valence-corrected chi connectivity index (χ1v) is 8.36. The van der Waals surface area contributed by atoms with Crippen molar-refractivity contribution in [1.29, 1.82) is 0 Å². The number of hydrogen-bond acceptors (Lipinski definition) is 4. The number of amides is 2. The van der Waals surface area contributed by atoms with Gasteiger partial charge in [0, 0.05) is 26.3 Å². The van der Waals surface area contributed by atoms with E-state index in [-0.39, 0.29) is 23.8 Å². The van der Waals surface area contributed by atoms with E-state index < -0.39 is 0 Å². The molecule has 2 rings (SSSR count). The molecule has 22 heavy (non-hydrogen) atoms. The molecular formula is C16H30N2O4. The van der Waals surface area contributed by atoms with Gasteiger partial charge in [0.15, 0.2) is 0 Å². The summed E-state index contributed by atoms with van der Waals surface area (Å²) in [4.78, 5) is 14.0. The molecule has 2 aliphatic rings. The molecule has 0 unspecified atom stereocenters. The molecule has 2 atom stereocenters. The average Bonchev–Trinajstić information content (AvgIpc) is 2.93. The first-order chi connectivity index (χ1) is 10.5. The Morgan fingerprint density at radius 2 is 2.27 bits per heavy atom. The Morgan fingerprint density at radius 3 is 2.95 bits per heavy atom. The monoisotopic (exact) mass is 314 g/mol. The molecule has 1 N–H and O–H groups in total. The molecule has 0 spiro atoms. The van der Waals surface area contributed by atoms with Crippen LogP contribution in [0.15, 0.2) is 0 Å². The van der Waals surface area contributed by atoms with Gasteiger partial charge in [0.25, 0.3) is 0 Å². The lowest BCUT2D eigenvalue weighted by molar-refractivity contribution is -0.117. The third-order valence-corrected chi connectivity index (χ3v) is 3.93. The molecule has 0 bridgehead atoms. The van der Waals surface area contributed by atoms with E-state index in [1.165, 1.54) is 0 Å². The Labute approximate surface area is 133 Å². The molecule has 2 saturated heterocycles. The van der Waals surface area contributed by atoms with Crippen molar-refractivity contribution < 1.29 is 19.0 Å². The SMILES string of the molecule is C[C@H]1CN(C(=O)NCCCOC[C@H]2CCCO2)CC(C)(C)O1. The van der Waals surface area contributed by atoms with E-state index in [0.29, 0.717) is 32.8 Å². The van der Waals surface area contributed by atoms with Crippen LogP contribution < -0.4 is 5.32 Å². The fourth-order valence-corrected chi connectivity index (χ4v) is 3.08. The Bertz CT molecular complexity index is 356. The Morgan fingerprint density at radius 1 is 1.45 bits per heavy atom. The second kappa shape index (κ2) is 8.13. The van der Waals surface area contributed by atoms with Crippen molar-refractivity contribution in [3.05, 3.63) is 0 Å². The molecule has 2 fully saturated rings. The van der Waals surface area contributed by atoms with E-state index in [1.54, 1.807) is 0 Å². The topological polar surface area (TPSA) is 60.0 Å². The van der Waals surface area contributed by atoms with Crippen molar-refractivity contribution in [3.63, 3.8) is 0 Å². The summed E-state index contributed by atoms with van der Waals surface area (Å²) >= 11 is 0. The average molecular weight is 314 g/mol. The van der Waals surface area contributed by atoms with Crippen molar-refractivity contribution in [1.82, 2.24) is 10.2 Å². The van der Waals surface area contributed by atoms with Crippen LogP contribution in [0.25, 0.3) is 0 Å². The van der Waals surface area contributed by atoms with Crippen LogP contribution in [0, 0.1) is 0 Å². The summed E-state index contributed by atoms with van der Waals surface area (Å²) in [5, 5.41) is 2.96. The van der Waals surface area contributed by atoms with Gasteiger partial charge in [-0.1, -0.05) is 0 Å². The van der Waals surface area contributed by atoms with Gasteiger partial charge < -0.3 is 24.4 Å². The molecule has 0 aromatic rings. The minimum atomic E-state index is -0.278. The Hall–Kier alpha value is -0.850. The summed E-state index contributed by atoms with van der Waals surface area (Å²) in [6.45, 7) is 10.1. The van der Waals surface area contributed by atoms with Crippen LogP contribution in [0.5, 0.6) is 0 Å². The zero-order valence-electron chi connectivity index (χ0n) is 14.1. The maximum atomic E-state index is 12.2. The van der Waals surface area contributed by atoms with Gasteiger partial charge in [-0.2, -0.15) is 0 Å². The number of morpholine rings is 1. The number of rotatable bonds is 6. The summed E-state index contributed by atoms with van der Waals surface area (Å²) in [5.41, 5.74) is -0.278. The number of urea groups is 1. The first-order valence-electron chi connectivity index (χ1n) is 8.36. The number of carbonyl (C=O) groups is 1. The summed E-state index contributed by atoms with van der Waals surface area (Å²) in [6.07, 6.45) is 3.40. The number of ether oxygens (including phenoxy) is 3. The van der Waals surface area contributed by atoms with Gasteiger partial charge in [-0.3, -0.25) is 0 Å². The molecule has 6 nitrogen and oxygen atoms in total. The van der Waals surface area contributed by atoms with Crippen molar-refractivity contribution in [2.24, 2.45) is 0 Å². The summed E-state index contributed by atoms with van der Waals surface area (Å²) in [6, 6.07) is -0.0117. The van der Waals surface area contributed by atoms with Gasteiger partial charge in [-0.05, 0) is 40.0 Å². The summed E-state index contributed by atoms with van der Waals surface area (Å²) < 4.78 is 16.9. The standard InChI is InChI=1S/C16H30N2O4/c1-13-10-18(12-16(2,3)22-13)15(19)17-7-5-8-20-11-14-6-4-9-21-14/h13-14H,4-12H2,1-3H3,(H,17,19)/t13-,14+/m0/s1. The van der Waals surface area contributed by atoms with Gasteiger partial charge in [-0.15, -0.1) is 0 Å². The summed E-state index contributed by atoms with van der Waals surface area (Å²) in [5.74, 6) is 0. The second-order valence-electron chi connectivity index (χ2n) is 6.86. The van der Waals surface area contributed by atoms with Gasteiger partial charge in [0.2, 0.25) is 0 Å². The molecule has 128 valence electrons. The van der Waals surface area contributed by atoms with Crippen LogP contribution in [-0.4, -0.2) is 68.2 Å². The van der Waals surface area contributed by atoms with Crippen molar-refractivity contribution in [3.8, 4) is 0 Å². The molecule has 6 heteroatoms. The highest BCUT2D eigenvalue weighted by molar-refractivity contribution is 5.74. The second-order valence-corrected chi connectivity index (χ2v) is 6.86. The van der Waals surface area contributed by atoms with Gasteiger partial charge in [0.1, 0.15) is 0 Å². The maximum absolute atomic E-state index is 12.2. The quantitative estimate of drug-likeness (QED) is 0.759. The smallest absolute Gasteiger partial charge is 0.317 e. The van der Waals surface area contributed by atoms with Crippen LogP contribution in [0.4, 0.5) is 4.79 Å². The van der Waals surface area contributed by atoms with Crippen LogP contribution in [0.2, 0.25) is 0 Å². The zero-order valence-corrected chi connectivity index (χ0v) is 14.1.